The van der Waals surface area contributed by atoms with E-state index >= 15 is 0 Å². The highest BCUT2D eigenvalue weighted by Crippen LogP contribution is 2.25. The number of ether oxygens (including phenoxy) is 1. The smallest absolute Gasteiger partial charge is 0.358 e. The molecule has 2 aromatic heterocycles. The van der Waals surface area contributed by atoms with Gasteiger partial charge >= 0.3 is 5.97 Å². The Kier molecular flexibility index (Phi) is 4.79. The Bertz CT molecular complexity index is 1170. The van der Waals surface area contributed by atoms with Crippen molar-refractivity contribution in [1.82, 2.24) is 9.97 Å². The number of aromatic nitrogens is 2. The Labute approximate surface area is 166 Å². The lowest BCUT2D eigenvalue weighted by Crippen LogP contribution is -2.15. The maximum atomic E-state index is 12.6. The van der Waals surface area contributed by atoms with E-state index < -0.39 is 5.97 Å². The van der Waals surface area contributed by atoms with Crippen LogP contribution in [0, 0.1) is 13.8 Å². The van der Waals surface area contributed by atoms with E-state index in [1.807, 2.05) is 62.4 Å². The molecule has 0 fully saturated rings. The molecule has 0 aliphatic heterocycles. The average Bonchev–Trinajstić information content (AvgIpc) is 3.30. The van der Waals surface area contributed by atoms with E-state index in [1.54, 1.807) is 5.38 Å². The molecule has 4 rings (SSSR count). The van der Waals surface area contributed by atoms with Crippen LogP contribution >= 0.6 is 11.3 Å². The summed E-state index contributed by atoms with van der Waals surface area (Å²) in [6.45, 7) is 3.53. The van der Waals surface area contributed by atoms with Crippen LogP contribution in [0.4, 0.5) is 0 Å². The number of benzene rings is 2. The molecule has 0 saturated carbocycles. The molecule has 0 spiro atoms. The molecule has 6 heteroatoms. The third-order valence-electron chi connectivity index (χ3n) is 4.52. The SMILES string of the molecule is Cc1ccc(-c2nc(C(=O)OCC(=O)c3c(C)[nH]c4ccccc34)cs2)cc1. The third kappa shape index (κ3) is 3.46. The van der Waals surface area contributed by atoms with Gasteiger partial charge in [-0.2, -0.15) is 0 Å². The van der Waals surface area contributed by atoms with Crippen molar-refractivity contribution in [1.29, 1.82) is 0 Å². The van der Waals surface area contributed by atoms with Crippen molar-refractivity contribution in [3.05, 3.63) is 76.4 Å². The summed E-state index contributed by atoms with van der Waals surface area (Å²) in [5, 5.41) is 3.22. The number of nitrogens with zero attached hydrogens (tertiary/aromatic N) is 1. The van der Waals surface area contributed by atoms with Crippen LogP contribution in [-0.4, -0.2) is 28.3 Å². The molecule has 0 bridgehead atoms. The fraction of sp³-hybridized carbons (Fsp3) is 0.136. The minimum Gasteiger partial charge on any atom is -0.453 e. The van der Waals surface area contributed by atoms with Crippen LogP contribution in [0.3, 0.4) is 0 Å². The van der Waals surface area contributed by atoms with Crippen LogP contribution in [0.2, 0.25) is 0 Å². The number of ketones is 1. The summed E-state index contributed by atoms with van der Waals surface area (Å²) < 4.78 is 5.23. The van der Waals surface area contributed by atoms with Crippen molar-refractivity contribution in [3.8, 4) is 10.6 Å². The van der Waals surface area contributed by atoms with E-state index in [0.717, 1.165) is 32.7 Å². The number of hydrogen-bond acceptors (Lipinski definition) is 5. The highest BCUT2D eigenvalue weighted by molar-refractivity contribution is 7.13. The quantitative estimate of drug-likeness (QED) is 0.387. The van der Waals surface area contributed by atoms with Gasteiger partial charge in [-0.1, -0.05) is 48.0 Å². The van der Waals surface area contributed by atoms with Crippen molar-refractivity contribution in [2.45, 2.75) is 13.8 Å². The molecule has 0 aliphatic carbocycles. The van der Waals surface area contributed by atoms with Gasteiger partial charge in [0.1, 0.15) is 5.01 Å². The van der Waals surface area contributed by atoms with Crippen molar-refractivity contribution in [2.24, 2.45) is 0 Å². The summed E-state index contributed by atoms with van der Waals surface area (Å²) in [4.78, 5) is 32.5. The minimum absolute atomic E-state index is 0.212. The Morgan fingerprint density at radius 3 is 2.61 bits per heavy atom. The monoisotopic (exact) mass is 390 g/mol. The molecule has 1 N–H and O–H groups in total. The van der Waals surface area contributed by atoms with E-state index in [9.17, 15) is 9.59 Å². The fourth-order valence-corrected chi connectivity index (χ4v) is 3.90. The van der Waals surface area contributed by atoms with Gasteiger partial charge in [-0.15, -0.1) is 11.3 Å². The van der Waals surface area contributed by atoms with Crippen LogP contribution in [0.15, 0.2) is 53.9 Å². The maximum Gasteiger partial charge on any atom is 0.358 e. The predicted octanol–water partition coefficient (Wildman–Crippen LogP) is 4.95. The highest BCUT2D eigenvalue weighted by atomic mass is 32.1. The lowest BCUT2D eigenvalue weighted by Gasteiger charge is -2.03. The molecule has 0 aliphatic rings. The number of para-hydroxylation sites is 1. The molecular formula is C22H18N2O3S. The van der Waals surface area contributed by atoms with Crippen LogP contribution in [-0.2, 0) is 4.74 Å². The zero-order chi connectivity index (χ0) is 19.7. The van der Waals surface area contributed by atoms with Gasteiger partial charge < -0.3 is 9.72 Å². The molecule has 140 valence electrons. The molecule has 2 aromatic carbocycles. The van der Waals surface area contributed by atoms with Gasteiger partial charge in [-0.05, 0) is 19.9 Å². The summed E-state index contributed by atoms with van der Waals surface area (Å²) in [5.74, 6) is -0.835. The average molecular weight is 390 g/mol. The Morgan fingerprint density at radius 2 is 1.82 bits per heavy atom. The first-order valence-electron chi connectivity index (χ1n) is 8.83. The second-order valence-electron chi connectivity index (χ2n) is 6.57. The van der Waals surface area contributed by atoms with Crippen molar-refractivity contribution >= 4 is 34.0 Å². The largest absolute Gasteiger partial charge is 0.453 e. The molecule has 0 saturated heterocycles. The summed E-state index contributed by atoms with van der Waals surface area (Å²) in [5.41, 5.74) is 4.52. The maximum absolute atomic E-state index is 12.6. The standard InChI is InChI=1S/C22H18N2O3S/c1-13-7-9-15(10-8-13)21-24-18(12-28-21)22(26)27-11-19(25)20-14(2)23-17-6-4-3-5-16(17)20/h3-10,12,23H,11H2,1-2H3. The predicted molar refractivity (Wildman–Crippen MR) is 110 cm³/mol. The van der Waals surface area contributed by atoms with Gasteiger partial charge in [0.15, 0.2) is 12.3 Å². The lowest BCUT2D eigenvalue weighted by atomic mass is 10.1. The van der Waals surface area contributed by atoms with Crippen LogP contribution in [0.5, 0.6) is 0 Å². The number of nitrogens with one attached hydrogen (secondary N) is 1. The van der Waals surface area contributed by atoms with Crippen LogP contribution in [0.25, 0.3) is 21.5 Å². The zero-order valence-electron chi connectivity index (χ0n) is 15.5. The molecule has 0 atom stereocenters. The normalized spacial score (nSPS) is 10.9. The lowest BCUT2D eigenvalue weighted by molar-refractivity contribution is 0.0470. The second-order valence-corrected chi connectivity index (χ2v) is 7.43. The number of carbonyl (C=O) groups excluding carboxylic acids is 2. The topological polar surface area (TPSA) is 72.0 Å². The van der Waals surface area contributed by atoms with Gasteiger partial charge in [0.25, 0.3) is 0 Å². The van der Waals surface area contributed by atoms with E-state index in [4.69, 9.17) is 4.74 Å². The molecule has 0 radical (unpaired) electrons. The minimum atomic E-state index is -0.597. The number of esters is 1. The van der Waals surface area contributed by atoms with Crippen LogP contribution < -0.4 is 0 Å². The van der Waals surface area contributed by atoms with E-state index in [0.29, 0.717) is 5.56 Å². The van der Waals surface area contributed by atoms with Crippen molar-refractivity contribution < 1.29 is 14.3 Å². The van der Waals surface area contributed by atoms with Gasteiger partial charge in [0.05, 0.1) is 0 Å². The summed E-state index contributed by atoms with van der Waals surface area (Å²) in [6, 6.07) is 15.5. The number of thiazole rings is 1. The summed E-state index contributed by atoms with van der Waals surface area (Å²) in [6.07, 6.45) is 0. The first-order valence-corrected chi connectivity index (χ1v) is 9.71. The number of H-pyrrole nitrogens is 1. The molecule has 0 unspecified atom stereocenters. The molecule has 2 heterocycles. The Hall–Kier alpha value is -3.25. The number of Topliss-reactive ketones (excluding diaryl/α,β-unsaturated/α-hetero) is 1. The summed E-state index contributed by atoms with van der Waals surface area (Å²) >= 11 is 1.37. The number of aromatic amines is 1. The molecular weight excluding hydrogens is 372 g/mol. The second kappa shape index (κ2) is 7.40. The number of aryl methyl sites for hydroxylation is 2. The molecule has 5 nitrogen and oxygen atoms in total. The number of carbonyl (C=O) groups is 2. The van der Waals surface area contributed by atoms with Gasteiger partial charge in [-0.25, -0.2) is 9.78 Å². The number of rotatable bonds is 5. The van der Waals surface area contributed by atoms with Crippen molar-refractivity contribution in [2.75, 3.05) is 6.61 Å². The van der Waals surface area contributed by atoms with Gasteiger partial charge in [-0.3, -0.25) is 4.79 Å². The summed E-state index contributed by atoms with van der Waals surface area (Å²) in [7, 11) is 0. The third-order valence-corrected chi connectivity index (χ3v) is 5.41. The van der Waals surface area contributed by atoms with Crippen molar-refractivity contribution in [3.63, 3.8) is 0 Å². The number of fused-ring (bicyclic) bond motifs is 1. The van der Waals surface area contributed by atoms with Crippen LogP contribution in [0.1, 0.15) is 32.1 Å². The highest BCUT2D eigenvalue weighted by Gasteiger charge is 2.19. The molecule has 4 aromatic rings. The zero-order valence-corrected chi connectivity index (χ0v) is 16.3. The Balaban J connectivity index is 1.46. The van der Waals surface area contributed by atoms with E-state index in [-0.39, 0.29) is 18.1 Å². The van der Waals surface area contributed by atoms with E-state index in [2.05, 4.69) is 9.97 Å². The van der Waals surface area contributed by atoms with Gasteiger partial charge in [0.2, 0.25) is 5.78 Å². The number of hydrogen-bond donors (Lipinski definition) is 1. The molecule has 0 amide bonds. The van der Waals surface area contributed by atoms with E-state index in [1.165, 1.54) is 11.3 Å². The first-order chi connectivity index (χ1) is 13.5. The Morgan fingerprint density at radius 1 is 1.07 bits per heavy atom. The first kappa shape index (κ1) is 18.1. The molecule has 28 heavy (non-hydrogen) atoms. The fourth-order valence-electron chi connectivity index (χ4n) is 3.11. The van der Waals surface area contributed by atoms with Gasteiger partial charge in [0, 0.05) is 33.1 Å².